The summed E-state index contributed by atoms with van der Waals surface area (Å²) in [6, 6.07) is 13.6. The fourth-order valence-corrected chi connectivity index (χ4v) is 2.50. The lowest BCUT2D eigenvalue weighted by Crippen LogP contribution is -2.21. The van der Waals surface area contributed by atoms with Crippen LogP contribution in [0.15, 0.2) is 42.5 Å². The molecule has 2 aromatic carbocycles. The Morgan fingerprint density at radius 2 is 1.90 bits per heavy atom. The molecule has 1 heterocycles. The van der Waals surface area contributed by atoms with Crippen LogP contribution in [0.25, 0.3) is 0 Å². The van der Waals surface area contributed by atoms with Crippen molar-refractivity contribution in [3.05, 3.63) is 64.7 Å². The molecule has 3 heteroatoms. The lowest BCUT2D eigenvalue weighted by atomic mass is 9.93. The Hall–Kier alpha value is -2.29. The molecule has 102 valence electrons. The van der Waals surface area contributed by atoms with Crippen molar-refractivity contribution in [2.45, 2.75) is 19.4 Å². The molecule has 0 radical (unpaired) electrons. The number of carbonyl (C=O) groups is 1. The molecule has 0 saturated carbocycles. The Kier molecular flexibility index (Phi) is 3.18. The van der Waals surface area contributed by atoms with Crippen LogP contribution in [0.1, 0.15) is 33.2 Å². The van der Waals surface area contributed by atoms with E-state index in [2.05, 4.69) is 0 Å². The van der Waals surface area contributed by atoms with E-state index in [1.807, 2.05) is 49.4 Å². The number of hydrogen-bond donors (Lipinski definition) is 0. The number of methoxy groups -OCH3 is 1. The molecule has 1 aliphatic heterocycles. The zero-order valence-corrected chi connectivity index (χ0v) is 11.6. The van der Waals surface area contributed by atoms with Crippen LogP contribution in [-0.2, 0) is 11.2 Å². The number of rotatable bonds is 2. The Balaban J connectivity index is 1.90. The molecule has 0 aromatic heterocycles. The maximum absolute atomic E-state index is 12.1. The minimum atomic E-state index is -0.240. The van der Waals surface area contributed by atoms with Crippen molar-refractivity contribution < 1.29 is 14.3 Å². The van der Waals surface area contributed by atoms with Gasteiger partial charge in [-0.25, -0.2) is 4.79 Å². The average Bonchev–Trinajstić information content (AvgIpc) is 2.48. The maximum Gasteiger partial charge on any atom is 0.339 e. The second-order valence-electron chi connectivity index (χ2n) is 5.03. The molecule has 0 amide bonds. The first-order valence-electron chi connectivity index (χ1n) is 6.62. The monoisotopic (exact) mass is 268 g/mol. The van der Waals surface area contributed by atoms with Crippen LogP contribution in [0.3, 0.4) is 0 Å². The first kappa shape index (κ1) is 12.7. The van der Waals surface area contributed by atoms with E-state index in [4.69, 9.17) is 9.47 Å². The van der Waals surface area contributed by atoms with E-state index < -0.39 is 0 Å². The topological polar surface area (TPSA) is 35.5 Å². The summed E-state index contributed by atoms with van der Waals surface area (Å²) >= 11 is 0. The number of cyclic esters (lactones) is 1. The van der Waals surface area contributed by atoms with Crippen LogP contribution >= 0.6 is 0 Å². The van der Waals surface area contributed by atoms with Crippen LogP contribution in [0.4, 0.5) is 0 Å². The summed E-state index contributed by atoms with van der Waals surface area (Å²) in [5.74, 6) is 0.558. The van der Waals surface area contributed by atoms with Crippen LogP contribution in [0, 0.1) is 6.92 Å². The fraction of sp³-hybridized carbons (Fsp3) is 0.235. The summed E-state index contributed by atoms with van der Waals surface area (Å²) in [4.78, 5) is 12.1. The maximum atomic E-state index is 12.1. The summed E-state index contributed by atoms with van der Waals surface area (Å²) in [5.41, 5.74) is 3.80. The molecule has 0 saturated heterocycles. The molecule has 20 heavy (non-hydrogen) atoms. The van der Waals surface area contributed by atoms with Gasteiger partial charge in [0.25, 0.3) is 0 Å². The fourth-order valence-electron chi connectivity index (χ4n) is 2.50. The second-order valence-corrected chi connectivity index (χ2v) is 5.03. The van der Waals surface area contributed by atoms with E-state index in [-0.39, 0.29) is 12.1 Å². The molecule has 0 N–H and O–H groups in total. The summed E-state index contributed by atoms with van der Waals surface area (Å²) in [6.07, 6.45) is 0.497. The van der Waals surface area contributed by atoms with Crippen molar-refractivity contribution in [2.24, 2.45) is 0 Å². The highest BCUT2D eigenvalue weighted by Crippen LogP contribution is 2.31. The highest BCUT2D eigenvalue weighted by Gasteiger charge is 2.27. The van der Waals surface area contributed by atoms with Gasteiger partial charge in [-0.3, -0.25) is 0 Å². The number of carbonyl (C=O) groups excluding carboxylic acids is 1. The lowest BCUT2D eigenvalue weighted by Gasteiger charge is -2.25. The first-order chi connectivity index (χ1) is 9.67. The van der Waals surface area contributed by atoms with Gasteiger partial charge in [-0.1, -0.05) is 29.8 Å². The van der Waals surface area contributed by atoms with Crippen molar-refractivity contribution in [3.8, 4) is 5.75 Å². The summed E-state index contributed by atoms with van der Waals surface area (Å²) in [6.45, 7) is 1.98. The number of hydrogen-bond acceptors (Lipinski definition) is 3. The van der Waals surface area contributed by atoms with Crippen molar-refractivity contribution >= 4 is 5.97 Å². The van der Waals surface area contributed by atoms with Gasteiger partial charge >= 0.3 is 5.97 Å². The van der Waals surface area contributed by atoms with Crippen molar-refractivity contribution in [1.29, 1.82) is 0 Å². The zero-order valence-electron chi connectivity index (χ0n) is 11.6. The van der Waals surface area contributed by atoms with E-state index >= 15 is 0 Å². The van der Waals surface area contributed by atoms with Crippen LogP contribution in [0.2, 0.25) is 0 Å². The smallest absolute Gasteiger partial charge is 0.339 e. The van der Waals surface area contributed by atoms with Crippen LogP contribution < -0.4 is 4.74 Å². The van der Waals surface area contributed by atoms with Crippen LogP contribution in [-0.4, -0.2) is 13.1 Å². The van der Waals surface area contributed by atoms with E-state index in [0.29, 0.717) is 12.0 Å². The third kappa shape index (κ3) is 2.27. The number of benzene rings is 2. The van der Waals surface area contributed by atoms with Gasteiger partial charge in [-0.2, -0.15) is 0 Å². The number of esters is 1. The summed E-state index contributed by atoms with van der Waals surface area (Å²) < 4.78 is 10.7. The van der Waals surface area contributed by atoms with Crippen molar-refractivity contribution in [1.82, 2.24) is 0 Å². The molecule has 0 bridgehead atoms. The third-order valence-electron chi connectivity index (χ3n) is 3.63. The number of aryl methyl sites for hydroxylation is 1. The van der Waals surface area contributed by atoms with Gasteiger partial charge in [0.15, 0.2) is 0 Å². The Bertz CT molecular complexity index is 644. The zero-order chi connectivity index (χ0) is 14.1. The molecule has 3 nitrogen and oxygen atoms in total. The molecule has 0 fully saturated rings. The standard InChI is InChI=1S/C17H16O3/c1-11-3-4-13-10-16(20-17(18)15(13)9-11)12-5-7-14(19-2)8-6-12/h3-9,16H,10H2,1-2H3. The SMILES string of the molecule is COc1ccc(C2Cc3ccc(C)cc3C(=O)O2)cc1. The van der Waals surface area contributed by atoms with Gasteiger partial charge in [0.2, 0.25) is 0 Å². The number of fused-ring (bicyclic) bond motifs is 1. The van der Waals surface area contributed by atoms with Gasteiger partial charge < -0.3 is 9.47 Å². The first-order valence-corrected chi connectivity index (χ1v) is 6.62. The van der Waals surface area contributed by atoms with Gasteiger partial charge in [0.05, 0.1) is 12.7 Å². The highest BCUT2D eigenvalue weighted by atomic mass is 16.5. The largest absolute Gasteiger partial charge is 0.497 e. The third-order valence-corrected chi connectivity index (χ3v) is 3.63. The minimum Gasteiger partial charge on any atom is -0.497 e. The van der Waals surface area contributed by atoms with Crippen molar-refractivity contribution in [3.63, 3.8) is 0 Å². The summed E-state index contributed by atoms with van der Waals surface area (Å²) in [7, 11) is 1.63. The predicted molar refractivity (Wildman–Crippen MR) is 76.0 cm³/mol. The Morgan fingerprint density at radius 1 is 1.15 bits per heavy atom. The van der Waals surface area contributed by atoms with Gasteiger partial charge in [0.1, 0.15) is 11.9 Å². The number of ether oxygens (including phenoxy) is 2. The predicted octanol–water partition coefficient (Wildman–Crippen LogP) is 3.46. The molecular formula is C17H16O3. The molecule has 3 rings (SSSR count). The van der Waals surface area contributed by atoms with Gasteiger partial charge in [-0.05, 0) is 36.2 Å². The quantitative estimate of drug-likeness (QED) is 0.782. The molecule has 2 aromatic rings. The van der Waals surface area contributed by atoms with E-state index in [0.717, 1.165) is 22.4 Å². The highest BCUT2D eigenvalue weighted by molar-refractivity contribution is 5.92. The molecule has 1 atom stereocenters. The molecule has 1 unspecified atom stereocenters. The van der Waals surface area contributed by atoms with E-state index in [9.17, 15) is 4.79 Å². The summed E-state index contributed by atoms with van der Waals surface area (Å²) in [5, 5.41) is 0. The van der Waals surface area contributed by atoms with Crippen LogP contribution in [0.5, 0.6) is 5.75 Å². The Labute approximate surface area is 118 Å². The van der Waals surface area contributed by atoms with E-state index in [1.54, 1.807) is 7.11 Å². The lowest BCUT2D eigenvalue weighted by molar-refractivity contribution is 0.0252. The molecule has 0 spiro atoms. The molecular weight excluding hydrogens is 252 g/mol. The molecule has 1 aliphatic rings. The minimum absolute atomic E-state index is 0.219. The van der Waals surface area contributed by atoms with Gasteiger partial charge in [-0.15, -0.1) is 0 Å². The average molecular weight is 268 g/mol. The normalized spacial score (nSPS) is 17.3. The van der Waals surface area contributed by atoms with Gasteiger partial charge in [0, 0.05) is 6.42 Å². The second kappa shape index (κ2) is 5.00. The van der Waals surface area contributed by atoms with Crippen molar-refractivity contribution in [2.75, 3.05) is 7.11 Å². The Morgan fingerprint density at radius 3 is 2.60 bits per heavy atom. The van der Waals surface area contributed by atoms with E-state index in [1.165, 1.54) is 0 Å². The molecule has 0 aliphatic carbocycles.